The molecule has 0 bridgehead atoms. The molecule has 4 rings (SSSR count). The van der Waals surface area contributed by atoms with Crippen LogP contribution < -0.4 is 5.73 Å². The van der Waals surface area contributed by atoms with Crippen molar-refractivity contribution >= 4 is 17.6 Å². The first-order chi connectivity index (χ1) is 12.5. The lowest BCUT2D eigenvalue weighted by Crippen LogP contribution is -2.58. The minimum atomic E-state index is -0.855. The van der Waals surface area contributed by atoms with Gasteiger partial charge in [0, 0.05) is 12.7 Å². The fraction of sp³-hybridized carbons (Fsp3) is 0.579. The topological polar surface area (TPSA) is 96.6 Å². The summed E-state index contributed by atoms with van der Waals surface area (Å²) in [5.41, 5.74) is 5.87. The van der Waals surface area contributed by atoms with Crippen LogP contribution >= 0.6 is 0 Å². The Morgan fingerprint density at radius 1 is 1.15 bits per heavy atom. The lowest BCUT2D eigenvalue weighted by molar-refractivity contribution is -0.142. The molecule has 7 heteroatoms. The number of amides is 2. The van der Waals surface area contributed by atoms with E-state index in [0.29, 0.717) is 31.5 Å². The molecular formula is C19H24N4O3. The average Bonchev–Trinajstić information content (AvgIpc) is 3.23. The zero-order valence-electron chi connectivity index (χ0n) is 14.8. The number of hydrogen-bond donors (Lipinski definition) is 1. The van der Waals surface area contributed by atoms with Crippen LogP contribution in [-0.2, 0) is 9.59 Å². The van der Waals surface area contributed by atoms with Crippen LogP contribution in [0.25, 0.3) is 0 Å². The molecule has 7 nitrogen and oxygen atoms in total. The fourth-order valence-corrected chi connectivity index (χ4v) is 4.64. The highest BCUT2D eigenvalue weighted by molar-refractivity contribution is 6.02. The Morgan fingerprint density at radius 2 is 1.92 bits per heavy atom. The maximum atomic E-state index is 13.1. The quantitative estimate of drug-likeness (QED) is 0.843. The van der Waals surface area contributed by atoms with Gasteiger partial charge in [-0.3, -0.25) is 19.4 Å². The lowest BCUT2D eigenvalue weighted by atomic mass is 9.81. The molecule has 2 atom stereocenters. The molecule has 0 spiro atoms. The smallest absolute Gasteiger partial charge is 0.273 e. The van der Waals surface area contributed by atoms with Crippen molar-refractivity contribution in [2.75, 3.05) is 13.1 Å². The molecule has 3 heterocycles. The first kappa shape index (κ1) is 17.1. The van der Waals surface area contributed by atoms with Gasteiger partial charge >= 0.3 is 0 Å². The highest BCUT2D eigenvalue weighted by atomic mass is 16.2. The Balaban J connectivity index is 1.54. The number of hydrogen-bond acceptors (Lipinski definition) is 5. The number of fused-ring (bicyclic) bond motifs is 1. The molecule has 2 N–H and O–H groups in total. The van der Waals surface area contributed by atoms with Gasteiger partial charge in [-0.25, -0.2) is 0 Å². The Labute approximate surface area is 152 Å². The first-order valence-corrected chi connectivity index (χ1v) is 9.36. The van der Waals surface area contributed by atoms with E-state index in [4.69, 9.17) is 5.73 Å². The third kappa shape index (κ3) is 2.70. The predicted molar refractivity (Wildman–Crippen MR) is 94.2 cm³/mol. The van der Waals surface area contributed by atoms with E-state index in [0.717, 1.165) is 19.3 Å². The predicted octanol–water partition coefficient (Wildman–Crippen LogP) is 0.738. The van der Waals surface area contributed by atoms with Crippen LogP contribution in [0.3, 0.4) is 0 Å². The van der Waals surface area contributed by atoms with Gasteiger partial charge in [-0.2, -0.15) is 0 Å². The summed E-state index contributed by atoms with van der Waals surface area (Å²) in [6, 6.07) is 4.32. The highest BCUT2D eigenvalue weighted by Gasteiger charge is 2.54. The van der Waals surface area contributed by atoms with Gasteiger partial charge in [0.05, 0.1) is 18.1 Å². The van der Waals surface area contributed by atoms with Crippen LogP contribution in [0.5, 0.6) is 0 Å². The number of nitrogens with two attached hydrogens (primary N) is 1. The van der Waals surface area contributed by atoms with Crippen molar-refractivity contribution in [3.63, 3.8) is 0 Å². The molecule has 1 aromatic heterocycles. The third-order valence-electron chi connectivity index (χ3n) is 6.00. The Morgan fingerprint density at radius 3 is 2.62 bits per heavy atom. The van der Waals surface area contributed by atoms with Crippen molar-refractivity contribution in [2.45, 2.75) is 56.1 Å². The normalized spacial score (nSPS) is 27.5. The number of rotatable bonds is 2. The Hall–Kier alpha value is -2.28. The number of likely N-dealkylation sites (tertiary alicyclic amines) is 2. The van der Waals surface area contributed by atoms with Gasteiger partial charge in [-0.15, -0.1) is 0 Å². The number of ketones is 1. The minimum absolute atomic E-state index is 0.0338. The molecule has 3 aliphatic rings. The average molecular weight is 356 g/mol. The summed E-state index contributed by atoms with van der Waals surface area (Å²) in [6.45, 7) is 0.511. The number of aromatic nitrogens is 1. The number of nitrogens with zero attached hydrogens (tertiary/aromatic N) is 3. The number of carbonyl (C=O) groups excluding carboxylic acids is 3. The summed E-state index contributed by atoms with van der Waals surface area (Å²) in [5, 5.41) is 0. The van der Waals surface area contributed by atoms with Gasteiger partial charge in [0.15, 0.2) is 5.78 Å². The van der Waals surface area contributed by atoms with Crippen LogP contribution in [0, 0.1) is 0 Å². The second kappa shape index (κ2) is 6.46. The van der Waals surface area contributed by atoms with E-state index in [1.54, 1.807) is 34.2 Å². The number of carbonyl (C=O) groups is 3. The SMILES string of the molecule is NC1(C(=O)N2CCC3C2C(=O)CN3C(=O)c2ccccn2)CCCCC1. The minimum Gasteiger partial charge on any atom is -0.329 e. The standard InChI is InChI=1S/C19H24N4O3/c20-19(8-3-1-4-9-19)18(26)22-11-7-14-16(22)15(24)12-23(14)17(25)13-6-2-5-10-21-13/h2,5-6,10,14,16H,1,3-4,7-9,11-12,20H2. The van der Waals surface area contributed by atoms with Gasteiger partial charge in [-0.1, -0.05) is 25.3 Å². The Kier molecular flexibility index (Phi) is 4.26. The fourth-order valence-electron chi connectivity index (χ4n) is 4.64. The number of Topliss-reactive ketones (excluding diaryl/α,β-unsaturated/α-hetero) is 1. The monoisotopic (exact) mass is 356 g/mol. The molecule has 0 radical (unpaired) electrons. The molecule has 1 aliphatic carbocycles. The molecule has 2 aliphatic heterocycles. The molecule has 2 unspecified atom stereocenters. The molecule has 2 amide bonds. The third-order valence-corrected chi connectivity index (χ3v) is 6.00. The van der Waals surface area contributed by atoms with Crippen LogP contribution in [0.1, 0.15) is 49.0 Å². The van der Waals surface area contributed by atoms with Gasteiger partial charge in [0.25, 0.3) is 5.91 Å². The van der Waals surface area contributed by atoms with Gasteiger partial charge in [-0.05, 0) is 31.4 Å². The maximum Gasteiger partial charge on any atom is 0.273 e. The summed E-state index contributed by atoms with van der Waals surface area (Å²) in [5.74, 6) is -0.449. The summed E-state index contributed by atoms with van der Waals surface area (Å²) in [7, 11) is 0. The highest BCUT2D eigenvalue weighted by Crippen LogP contribution is 2.35. The van der Waals surface area contributed by atoms with Gasteiger partial charge in [0.2, 0.25) is 5.91 Å². The van der Waals surface area contributed by atoms with Crippen LogP contribution in [-0.4, -0.2) is 63.1 Å². The van der Waals surface area contributed by atoms with Crippen molar-refractivity contribution in [2.24, 2.45) is 5.73 Å². The molecule has 0 aromatic carbocycles. The molecule has 1 aromatic rings. The zero-order chi connectivity index (χ0) is 18.3. The van der Waals surface area contributed by atoms with Gasteiger partial charge in [0.1, 0.15) is 11.7 Å². The van der Waals surface area contributed by atoms with Crippen molar-refractivity contribution in [1.29, 1.82) is 0 Å². The maximum absolute atomic E-state index is 13.1. The van der Waals surface area contributed by atoms with Crippen LogP contribution in [0.2, 0.25) is 0 Å². The van der Waals surface area contributed by atoms with E-state index in [9.17, 15) is 14.4 Å². The van der Waals surface area contributed by atoms with Crippen molar-refractivity contribution in [3.05, 3.63) is 30.1 Å². The van der Waals surface area contributed by atoms with Crippen LogP contribution in [0.15, 0.2) is 24.4 Å². The zero-order valence-corrected chi connectivity index (χ0v) is 14.8. The van der Waals surface area contributed by atoms with E-state index in [1.807, 2.05) is 0 Å². The molecule has 26 heavy (non-hydrogen) atoms. The molecule has 3 fully saturated rings. The molecule has 138 valence electrons. The summed E-state index contributed by atoms with van der Waals surface area (Å²) < 4.78 is 0. The van der Waals surface area contributed by atoms with E-state index in [2.05, 4.69) is 4.98 Å². The van der Waals surface area contributed by atoms with E-state index in [-0.39, 0.29) is 30.2 Å². The summed E-state index contributed by atoms with van der Waals surface area (Å²) >= 11 is 0. The lowest BCUT2D eigenvalue weighted by Gasteiger charge is -2.37. The first-order valence-electron chi connectivity index (χ1n) is 9.36. The van der Waals surface area contributed by atoms with E-state index in [1.165, 1.54) is 0 Å². The Bertz CT molecular complexity index is 730. The summed E-state index contributed by atoms with van der Waals surface area (Å²) in [6.07, 6.45) is 6.51. The largest absolute Gasteiger partial charge is 0.329 e. The van der Waals surface area contributed by atoms with E-state index >= 15 is 0 Å². The second-order valence-electron chi connectivity index (χ2n) is 7.63. The van der Waals surface area contributed by atoms with Crippen molar-refractivity contribution in [3.8, 4) is 0 Å². The van der Waals surface area contributed by atoms with Gasteiger partial charge < -0.3 is 15.5 Å². The van der Waals surface area contributed by atoms with Crippen molar-refractivity contribution < 1.29 is 14.4 Å². The summed E-state index contributed by atoms with van der Waals surface area (Å²) in [4.78, 5) is 45.8. The van der Waals surface area contributed by atoms with E-state index < -0.39 is 11.6 Å². The molecule has 1 saturated carbocycles. The molecule has 2 saturated heterocycles. The second-order valence-corrected chi connectivity index (χ2v) is 7.63. The molecular weight excluding hydrogens is 332 g/mol. The number of pyridine rings is 1. The van der Waals surface area contributed by atoms with Crippen molar-refractivity contribution in [1.82, 2.24) is 14.8 Å². The van der Waals surface area contributed by atoms with Crippen LogP contribution in [0.4, 0.5) is 0 Å².